The molecule has 7 nitrogen and oxygen atoms in total. The molecule has 1 unspecified atom stereocenters. The molecule has 3 rings (SSSR count). The van der Waals surface area contributed by atoms with Gasteiger partial charge >= 0.3 is 0 Å². The second-order valence-electron chi connectivity index (χ2n) is 10.0. The monoisotopic (exact) mass is 555 g/mol. The van der Waals surface area contributed by atoms with E-state index in [-0.39, 0.29) is 28.1 Å². The minimum absolute atomic E-state index is 0.0297. The molecule has 0 saturated carbocycles. The SMILES string of the molecule is CC(C(=O)NC(C)(C)C)N(CCc1ccccc1)C(=O)CN(c1ccccc1Cl)S(=O)(=O)c1ccccc1. The van der Waals surface area contributed by atoms with Crippen LogP contribution in [0.4, 0.5) is 5.69 Å². The fourth-order valence-corrected chi connectivity index (χ4v) is 5.67. The summed E-state index contributed by atoms with van der Waals surface area (Å²) in [5.41, 5.74) is 0.675. The average molecular weight is 556 g/mol. The first-order valence-electron chi connectivity index (χ1n) is 12.4. The molecule has 0 radical (unpaired) electrons. The van der Waals surface area contributed by atoms with E-state index in [4.69, 9.17) is 11.6 Å². The van der Waals surface area contributed by atoms with Crippen LogP contribution in [0.2, 0.25) is 5.02 Å². The standard InChI is InChI=1S/C29H34ClN3O4S/c1-22(28(35)31-29(2,3)4)32(20-19-23-13-7-5-8-14-23)27(34)21-33(26-18-12-11-17-25(26)30)38(36,37)24-15-9-6-10-16-24/h5-18,22H,19-21H2,1-4H3,(H,31,35). The van der Waals surface area contributed by atoms with Crippen LogP contribution in [0.5, 0.6) is 0 Å². The quantitative estimate of drug-likeness (QED) is 0.385. The molecule has 0 aliphatic rings. The number of hydrogen-bond donors (Lipinski definition) is 1. The molecule has 0 saturated heterocycles. The van der Waals surface area contributed by atoms with Gasteiger partial charge in [-0.3, -0.25) is 13.9 Å². The fourth-order valence-electron chi connectivity index (χ4n) is 3.93. The van der Waals surface area contributed by atoms with E-state index >= 15 is 0 Å². The molecule has 1 N–H and O–H groups in total. The summed E-state index contributed by atoms with van der Waals surface area (Å²) in [6.45, 7) is 6.93. The van der Waals surface area contributed by atoms with E-state index in [1.54, 1.807) is 49.4 Å². The van der Waals surface area contributed by atoms with E-state index in [9.17, 15) is 18.0 Å². The highest BCUT2D eigenvalue weighted by Gasteiger charge is 2.33. The summed E-state index contributed by atoms with van der Waals surface area (Å²) in [5, 5.41) is 3.11. The Kier molecular flexibility index (Phi) is 9.57. The Bertz CT molecular complexity index is 1340. The highest BCUT2D eigenvalue weighted by molar-refractivity contribution is 7.92. The summed E-state index contributed by atoms with van der Waals surface area (Å²) in [4.78, 5) is 28.4. The second kappa shape index (κ2) is 12.5. The number of nitrogens with one attached hydrogen (secondary N) is 1. The Morgan fingerprint density at radius 1 is 0.895 bits per heavy atom. The molecule has 0 aliphatic heterocycles. The third-order valence-electron chi connectivity index (χ3n) is 5.88. The van der Waals surface area contributed by atoms with Crippen molar-refractivity contribution in [1.82, 2.24) is 10.2 Å². The number of benzene rings is 3. The molecule has 2 amide bonds. The highest BCUT2D eigenvalue weighted by atomic mass is 35.5. The highest BCUT2D eigenvalue weighted by Crippen LogP contribution is 2.30. The van der Waals surface area contributed by atoms with Gasteiger partial charge in [-0.05, 0) is 63.9 Å². The van der Waals surface area contributed by atoms with Crippen molar-refractivity contribution in [3.8, 4) is 0 Å². The Morgan fingerprint density at radius 3 is 2.03 bits per heavy atom. The topological polar surface area (TPSA) is 86.8 Å². The van der Waals surface area contributed by atoms with Gasteiger partial charge in [-0.2, -0.15) is 0 Å². The van der Waals surface area contributed by atoms with Crippen molar-refractivity contribution in [2.45, 2.75) is 50.6 Å². The van der Waals surface area contributed by atoms with Gasteiger partial charge in [0.15, 0.2) is 0 Å². The first-order valence-corrected chi connectivity index (χ1v) is 14.2. The van der Waals surface area contributed by atoms with Crippen LogP contribution in [0.3, 0.4) is 0 Å². The van der Waals surface area contributed by atoms with E-state index < -0.39 is 34.1 Å². The Balaban J connectivity index is 1.98. The van der Waals surface area contributed by atoms with Crippen LogP contribution in [0.1, 0.15) is 33.3 Å². The van der Waals surface area contributed by atoms with Crippen LogP contribution >= 0.6 is 11.6 Å². The predicted octanol–water partition coefficient (Wildman–Crippen LogP) is 4.91. The molecule has 0 aliphatic carbocycles. The molecule has 38 heavy (non-hydrogen) atoms. The maximum atomic E-state index is 13.8. The Hall–Kier alpha value is -3.36. The van der Waals surface area contributed by atoms with Crippen LogP contribution in [0.25, 0.3) is 0 Å². The van der Waals surface area contributed by atoms with Gasteiger partial charge in [-0.15, -0.1) is 0 Å². The normalized spacial score (nSPS) is 12.4. The Morgan fingerprint density at radius 2 is 1.45 bits per heavy atom. The summed E-state index contributed by atoms with van der Waals surface area (Å²) >= 11 is 6.41. The number of carbonyl (C=O) groups is 2. The molecule has 1 atom stereocenters. The lowest BCUT2D eigenvalue weighted by atomic mass is 10.1. The van der Waals surface area contributed by atoms with Gasteiger partial charge in [0.25, 0.3) is 10.0 Å². The van der Waals surface area contributed by atoms with Gasteiger partial charge in [-0.25, -0.2) is 8.42 Å². The van der Waals surface area contributed by atoms with Crippen LogP contribution in [-0.4, -0.2) is 49.8 Å². The van der Waals surface area contributed by atoms with Gasteiger partial charge in [-0.1, -0.05) is 72.3 Å². The van der Waals surface area contributed by atoms with E-state index in [1.165, 1.54) is 17.0 Å². The third-order valence-corrected chi connectivity index (χ3v) is 7.97. The summed E-state index contributed by atoms with van der Waals surface area (Å²) < 4.78 is 28.5. The zero-order valence-corrected chi connectivity index (χ0v) is 23.7. The summed E-state index contributed by atoms with van der Waals surface area (Å²) in [7, 11) is -4.15. The lowest BCUT2D eigenvalue weighted by Crippen LogP contribution is -2.55. The molecule has 9 heteroatoms. The molecule has 0 heterocycles. The molecule has 202 valence electrons. The van der Waals surface area contributed by atoms with Crippen LogP contribution in [-0.2, 0) is 26.0 Å². The van der Waals surface area contributed by atoms with Crippen LogP contribution in [0, 0.1) is 0 Å². The second-order valence-corrected chi connectivity index (χ2v) is 12.3. The van der Waals surface area contributed by atoms with Crippen molar-refractivity contribution >= 4 is 39.1 Å². The number of sulfonamides is 1. The smallest absolute Gasteiger partial charge is 0.264 e. The van der Waals surface area contributed by atoms with Gasteiger partial charge in [0.05, 0.1) is 15.6 Å². The number of nitrogens with zero attached hydrogens (tertiary/aromatic N) is 2. The molecular formula is C29H34ClN3O4S. The molecular weight excluding hydrogens is 522 g/mol. The number of carbonyl (C=O) groups excluding carboxylic acids is 2. The maximum Gasteiger partial charge on any atom is 0.264 e. The Labute approximate surface area is 230 Å². The van der Waals surface area contributed by atoms with Gasteiger partial charge in [0.1, 0.15) is 12.6 Å². The summed E-state index contributed by atoms with van der Waals surface area (Å²) in [6, 6.07) is 23.1. The predicted molar refractivity (Wildman–Crippen MR) is 152 cm³/mol. The zero-order chi connectivity index (χ0) is 27.9. The van der Waals surface area contributed by atoms with Crippen LogP contribution in [0.15, 0.2) is 89.8 Å². The van der Waals surface area contributed by atoms with E-state index in [2.05, 4.69) is 5.32 Å². The third kappa shape index (κ3) is 7.58. The minimum atomic E-state index is -4.15. The first kappa shape index (κ1) is 29.2. The van der Waals surface area contributed by atoms with Crippen molar-refractivity contribution in [2.24, 2.45) is 0 Å². The number of rotatable bonds is 10. The van der Waals surface area contributed by atoms with E-state index in [0.717, 1.165) is 9.87 Å². The summed E-state index contributed by atoms with van der Waals surface area (Å²) in [6.07, 6.45) is 0.497. The molecule has 3 aromatic rings. The fraction of sp³-hybridized carbons (Fsp3) is 0.310. The lowest BCUT2D eigenvalue weighted by molar-refractivity contribution is -0.139. The van der Waals surface area contributed by atoms with Gasteiger partial charge < -0.3 is 10.2 Å². The lowest BCUT2D eigenvalue weighted by Gasteiger charge is -2.33. The van der Waals surface area contributed by atoms with Gasteiger partial charge in [0, 0.05) is 12.1 Å². The van der Waals surface area contributed by atoms with Crippen molar-refractivity contribution in [2.75, 3.05) is 17.4 Å². The molecule has 3 aromatic carbocycles. The van der Waals surface area contributed by atoms with Crippen molar-refractivity contribution in [3.05, 3.63) is 95.5 Å². The number of hydrogen-bond acceptors (Lipinski definition) is 4. The van der Waals surface area contributed by atoms with Crippen molar-refractivity contribution in [1.29, 1.82) is 0 Å². The van der Waals surface area contributed by atoms with E-state index in [1.807, 2.05) is 51.1 Å². The zero-order valence-electron chi connectivity index (χ0n) is 22.1. The maximum absolute atomic E-state index is 13.8. The average Bonchev–Trinajstić information content (AvgIpc) is 2.88. The number of anilines is 1. The molecule has 0 bridgehead atoms. The number of halogens is 1. The number of amides is 2. The van der Waals surface area contributed by atoms with Crippen molar-refractivity contribution in [3.63, 3.8) is 0 Å². The van der Waals surface area contributed by atoms with Crippen LogP contribution < -0.4 is 9.62 Å². The number of para-hydroxylation sites is 1. The largest absolute Gasteiger partial charge is 0.350 e. The summed E-state index contributed by atoms with van der Waals surface area (Å²) in [5.74, 6) is -0.842. The van der Waals surface area contributed by atoms with Gasteiger partial charge in [0.2, 0.25) is 11.8 Å². The molecule has 0 aromatic heterocycles. The molecule has 0 spiro atoms. The first-order chi connectivity index (χ1) is 17.9. The van der Waals surface area contributed by atoms with E-state index in [0.29, 0.717) is 6.42 Å². The molecule has 0 fully saturated rings. The van der Waals surface area contributed by atoms with Crippen molar-refractivity contribution < 1.29 is 18.0 Å². The minimum Gasteiger partial charge on any atom is -0.350 e.